The largest absolute Gasteiger partial charge is 0.371 e. The fourth-order valence-corrected chi connectivity index (χ4v) is 3.63. The Balaban J connectivity index is 0.00000225. The van der Waals surface area contributed by atoms with E-state index in [1.165, 1.54) is 6.07 Å². The van der Waals surface area contributed by atoms with Crippen molar-refractivity contribution in [1.29, 1.82) is 0 Å². The molecule has 30 heavy (non-hydrogen) atoms. The van der Waals surface area contributed by atoms with Crippen LogP contribution in [0.25, 0.3) is 0 Å². The average Bonchev–Trinajstić information content (AvgIpc) is 3.17. The fraction of sp³-hybridized carbons (Fsp3) is 0.400. The topological polar surface area (TPSA) is 123 Å². The van der Waals surface area contributed by atoms with Gasteiger partial charge < -0.3 is 16.4 Å². The number of nitro benzene ring substituents is 1. The van der Waals surface area contributed by atoms with Gasteiger partial charge in [0.2, 0.25) is 0 Å². The molecule has 0 bridgehead atoms. The van der Waals surface area contributed by atoms with Gasteiger partial charge in [-0.1, -0.05) is 18.9 Å². The SMILES string of the molecule is CC(Nc1ccc(C(=O)NC2(CN)CCCC2)cc1[N+](=O)[O-])c1ccccn1.Cl.Cl. The van der Waals surface area contributed by atoms with Gasteiger partial charge in [-0.25, -0.2) is 0 Å². The number of amides is 1. The Kier molecular flexibility index (Phi) is 9.48. The zero-order valence-corrected chi connectivity index (χ0v) is 18.3. The maximum absolute atomic E-state index is 12.7. The van der Waals surface area contributed by atoms with Crippen molar-refractivity contribution < 1.29 is 9.72 Å². The summed E-state index contributed by atoms with van der Waals surface area (Å²) in [5.41, 5.74) is 6.68. The summed E-state index contributed by atoms with van der Waals surface area (Å²) >= 11 is 0. The van der Waals surface area contributed by atoms with Gasteiger partial charge in [0, 0.05) is 24.4 Å². The molecule has 1 aromatic carbocycles. The molecule has 8 nitrogen and oxygen atoms in total. The Hall–Kier alpha value is -2.42. The number of carbonyl (C=O) groups excluding carboxylic acids is 1. The highest BCUT2D eigenvalue weighted by Gasteiger charge is 2.34. The Morgan fingerprint density at radius 3 is 2.53 bits per heavy atom. The molecular formula is C20H27Cl2N5O3. The van der Waals surface area contributed by atoms with Gasteiger partial charge in [-0.3, -0.25) is 19.9 Å². The maximum atomic E-state index is 12.7. The van der Waals surface area contributed by atoms with Crippen LogP contribution in [0.3, 0.4) is 0 Å². The minimum atomic E-state index is -0.488. The van der Waals surface area contributed by atoms with Crippen molar-refractivity contribution in [3.05, 3.63) is 64.0 Å². The molecule has 0 aliphatic heterocycles. The first-order chi connectivity index (χ1) is 13.4. The van der Waals surface area contributed by atoms with Gasteiger partial charge in [0.15, 0.2) is 0 Å². The molecule has 0 spiro atoms. The van der Waals surface area contributed by atoms with Crippen molar-refractivity contribution in [3.63, 3.8) is 0 Å². The number of nitrogens with two attached hydrogens (primary N) is 1. The van der Waals surface area contributed by atoms with Crippen LogP contribution in [0.4, 0.5) is 11.4 Å². The lowest BCUT2D eigenvalue weighted by atomic mass is 9.97. The molecule has 3 rings (SSSR count). The van der Waals surface area contributed by atoms with Gasteiger partial charge in [-0.05, 0) is 44.0 Å². The van der Waals surface area contributed by atoms with E-state index >= 15 is 0 Å². The lowest BCUT2D eigenvalue weighted by Gasteiger charge is -2.28. The molecule has 1 aliphatic rings. The normalized spacial score (nSPS) is 15.3. The van der Waals surface area contributed by atoms with Gasteiger partial charge in [0.1, 0.15) is 5.69 Å². The van der Waals surface area contributed by atoms with Gasteiger partial charge in [0.25, 0.3) is 11.6 Å². The summed E-state index contributed by atoms with van der Waals surface area (Å²) in [4.78, 5) is 28.0. The number of hydrogen-bond acceptors (Lipinski definition) is 6. The number of rotatable bonds is 7. The van der Waals surface area contributed by atoms with Gasteiger partial charge >= 0.3 is 0 Å². The van der Waals surface area contributed by atoms with Crippen LogP contribution in [0.1, 0.15) is 54.7 Å². The summed E-state index contributed by atoms with van der Waals surface area (Å²) in [7, 11) is 0. The summed E-state index contributed by atoms with van der Waals surface area (Å²) < 4.78 is 0. The van der Waals surface area contributed by atoms with E-state index in [-0.39, 0.29) is 48.0 Å². The molecule has 1 amide bonds. The van der Waals surface area contributed by atoms with Crippen LogP contribution in [0.15, 0.2) is 42.6 Å². The molecule has 1 heterocycles. The van der Waals surface area contributed by atoms with Crippen molar-refractivity contribution in [3.8, 4) is 0 Å². The van der Waals surface area contributed by atoms with E-state index in [1.807, 2.05) is 25.1 Å². The molecular weight excluding hydrogens is 429 g/mol. The smallest absolute Gasteiger partial charge is 0.293 e. The van der Waals surface area contributed by atoms with Crippen LogP contribution in [-0.4, -0.2) is 27.9 Å². The number of nitro groups is 1. The molecule has 4 N–H and O–H groups in total. The molecule has 1 fully saturated rings. The van der Waals surface area contributed by atoms with Crippen molar-refractivity contribution >= 4 is 42.1 Å². The lowest BCUT2D eigenvalue weighted by molar-refractivity contribution is -0.384. The summed E-state index contributed by atoms with van der Waals surface area (Å²) in [5.74, 6) is -0.334. The first kappa shape index (κ1) is 25.6. The van der Waals surface area contributed by atoms with E-state index in [9.17, 15) is 14.9 Å². The van der Waals surface area contributed by atoms with E-state index in [1.54, 1.807) is 18.3 Å². The highest BCUT2D eigenvalue weighted by atomic mass is 35.5. The van der Waals surface area contributed by atoms with Crippen LogP contribution in [0.5, 0.6) is 0 Å². The zero-order chi connectivity index (χ0) is 20.1. The van der Waals surface area contributed by atoms with Crippen LogP contribution < -0.4 is 16.4 Å². The third kappa shape index (κ3) is 5.81. The number of hydrogen-bond donors (Lipinski definition) is 3. The third-order valence-corrected chi connectivity index (χ3v) is 5.29. The second-order valence-electron chi connectivity index (χ2n) is 7.26. The standard InChI is InChI=1S/C20H25N5O3.2ClH/c1-14(16-6-2-5-11-22-16)23-17-8-7-15(12-18(17)25(27)28)19(26)24-20(13-21)9-3-4-10-20;;/h2,5-8,11-12,14,23H,3-4,9-10,13,21H2,1H3,(H,24,26);2*1H. The van der Waals surface area contributed by atoms with Crippen LogP contribution >= 0.6 is 24.8 Å². The molecule has 0 radical (unpaired) electrons. The minimum Gasteiger partial charge on any atom is -0.371 e. The summed E-state index contributed by atoms with van der Waals surface area (Å²) in [6, 6.07) is 9.76. The van der Waals surface area contributed by atoms with Crippen LogP contribution in [0, 0.1) is 10.1 Å². The molecule has 164 valence electrons. The Labute approximate surface area is 188 Å². The van der Waals surface area contributed by atoms with Gasteiger partial charge in [-0.15, -0.1) is 24.8 Å². The van der Waals surface area contributed by atoms with Crippen molar-refractivity contribution in [2.75, 3.05) is 11.9 Å². The molecule has 10 heteroatoms. The minimum absolute atomic E-state index is 0. The predicted octanol–water partition coefficient (Wildman–Crippen LogP) is 4.01. The number of nitrogens with zero attached hydrogens (tertiary/aromatic N) is 2. The van der Waals surface area contributed by atoms with Gasteiger partial charge in [-0.2, -0.15) is 0 Å². The maximum Gasteiger partial charge on any atom is 0.293 e. The van der Waals surface area contributed by atoms with Crippen LogP contribution in [-0.2, 0) is 0 Å². The number of benzene rings is 1. The second kappa shape index (κ2) is 11.1. The number of halogens is 2. The number of anilines is 1. The Morgan fingerprint density at radius 2 is 1.97 bits per heavy atom. The van der Waals surface area contributed by atoms with E-state index < -0.39 is 10.5 Å². The Bertz CT molecular complexity index is 861. The molecule has 1 atom stereocenters. The van der Waals surface area contributed by atoms with E-state index in [2.05, 4.69) is 15.6 Å². The molecule has 1 unspecified atom stereocenters. The fourth-order valence-electron chi connectivity index (χ4n) is 3.63. The summed E-state index contributed by atoms with van der Waals surface area (Å²) in [6.45, 7) is 2.24. The number of aromatic nitrogens is 1. The second-order valence-corrected chi connectivity index (χ2v) is 7.26. The highest BCUT2D eigenvalue weighted by molar-refractivity contribution is 5.96. The molecule has 1 aromatic heterocycles. The average molecular weight is 456 g/mol. The molecule has 1 saturated carbocycles. The van der Waals surface area contributed by atoms with E-state index in [4.69, 9.17) is 5.73 Å². The predicted molar refractivity (Wildman–Crippen MR) is 122 cm³/mol. The first-order valence-corrected chi connectivity index (χ1v) is 9.43. The zero-order valence-electron chi connectivity index (χ0n) is 16.7. The highest BCUT2D eigenvalue weighted by Crippen LogP contribution is 2.31. The molecule has 2 aromatic rings. The van der Waals surface area contributed by atoms with Crippen LogP contribution in [0.2, 0.25) is 0 Å². The first-order valence-electron chi connectivity index (χ1n) is 9.43. The third-order valence-electron chi connectivity index (χ3n) is 5.29. The number of pyridine rings is 1. The van der Waals surface area contributed by atoms with Gasteiger partial charge in [0.05, 0.1) is 22.2 Å². The summed E-state index contributed by atoms with van der Waals surface area (Å²) in [5, 5.41) is 17.7. The number of carbonyl (C=O) groups is 1. The van der Waals surface area contributed by atoms with Crippen molar-refractivity contribution in [1.82, 2.24) is 10.3 Å². The van der Waals surface area contributed by atoms with Crippen molar-refractivity contribution in [2.24, 2.45) is 5.73 Å². The number of nitrogens with one attached hydrogen (secondary N) is 2. The Morgan fingerprint density at radius 1 is 1.27 bits per heavy atom. The van der Waals surface area contributed by atoms with E-state index in [0.29, 0.717) is 12.2 Å². The lowest BCUT2D eigenvalue weighted by Crippen LogP contribution is -2.51. The molecule has 1 aliphatic carbocycles. The monoisotopic (exact) mass is 455 g/mol. The van der Waals surface area contributed by atoms with E-state index in [0.717, 1.165) is 31.4 Å². The summed E-state index contributed by atoms with van der Waals surface area (Å²) in [6.07, 6.45) is 5.38. The molecule has 0 saturated heterocycles. The quantitative estimate of drug-likeness (QED) is 0.427. The van der Waals surface area contributed by atoms with Crippen molar-refractivity contribution in [2.45, 2.75) is 44.2 Å².